The van der Waals surface area contributed by atoms with Gasteiger partial charge in [-0.3, -0.25) is 9.59 Å². The molecule has 6 heteroatoms. The average molecular weight is 377 g/mol. The number of aryl methyl sites for hydroxylation is 1. The lowest BCUT2D eigenvalue weighted by Crippen LogP contribution is -2.51. The molecule has 28 heavy (non-hydrogen) atoms. The fraction of sp³-hybridized carbons (Fsp3) is 0.318. The van der Waals surface area contributed by atoms with Crippen LogP contribution in [0.25, 0.3) is 0 Å². The topological polar surface area (TPSA) is 73.6 Å². The van der Waals surface area contributed by atoms with Gasteiger partial charge >= 0.3 is 0 Å². The second-order valence-corrected chi connectivity index (χ2v) is 6.65. The predicted molar refractivity (Wildman–Crippen MR) is 105 cm³/mol. The molecule has 0 bridgehead atoms. The van der Waals surface area contributed by atoms with Crippen LogP contribution in [0, 0.1) is 11.3 Å². The van der Waals surface area contributed by atoms with Gasteiger partial charge in [0, 0.05) is 31.7 Å². The smallest absolute Gasteiger partial charge is 0.260 e. The molecular weight excluding hydrogens is 354 g/mol. The van der Waals surface area contributed by atoms with E-state index in [0.29, 0.717) is 43.1 Å². The number of hydrogen-bond donors (Lipinski definition) is 0. The molecule has 2 amide bonds. The van der Waals surface area contributed by atoms with Gasteiger partial charge in [-0.1, -0.05) is 19.1 Å². The van der Waals surface area contributed by atoms with E-state index in [1.807, 2.05) is 30.3 Å². The summed E-state index contributed by atoms with van der Waals surface area (Å²) in [6.07, 6.45) is 0.944. The Hall–Kier alpha value is -3.33. The predicted octanol–water partition coefficient (Wildman–Crippen LogP) is 2.48. The third kappa shape index (κ3) is 4.68. The van der Waals surface area contributed by atoms with E-state index >= 15 is 0 Å². The number of benzene rings is 2. The number of carbonyl (C=O) groups excluding carboxylic acids is 2. The Labute approximate surface area is 164 Å². The van der Waals surface area contributed by atoms with E-state index in [1.54, 1.807) is 34.1 Å². The van der Waals surface area contributed by atoms with E-state index in [0.717, 1.165) is 6.42 Å². The first kappa shape index (κ1) is 19.4. The van der Waals surface area contributed by atoms with Gasteiger partial charge in [0.05, 0.1) is 11.6 Å². The van der Waals surface area contributed by atoms with Crippen LogP contribution in [0.4, 0.5) is 0 Å². The minimum absolute atomic E-state index is 0.00332. The van der Waals surface area contributed by atoms with Crippen molar-refractivity contribution >= 4 is 11.8 Å². The first-order chi connectivity index (χ1) is 13.6. The van der Waals surface area contributed by atoms with Crippen LogP contribution in [-0.4, -0.2) is 54.4 Å². The van der Waals surface area contributed by atoms with Gasteiger partial charge in [0.25, 0.3) is 11.8 Å². The van der Waals surface area contributed by atoms with Crippen molar-refractivity contribution in [1.29, 1.82) is 5.26 Å². The van der Waals surface area contributed by atoms with E-state index in [4.69, 9.17) is 10.00 Å². The Kier molecular flexibility index (Phi) is 6.28. The van der Waals surface area contributed by atoms with Gasteiger partial charge in [0.1, 0.15) is 5.75 Å². The maximum Gasteiger partial charge on any atom is 0.260 e. The highest BCUT2D eigenvalue weighted by Crippen LogP contribution is 2.13. The molecule has 0 spiro atoms. The maximum atomic E-state index is 12.6. The molecule has 3 rings (SSSR count). The molecule has 2 aromatic rings. The van der Waals surface area contributed by atoms with Crippen LogP contribution in [0.2, 0.25) is 0 Å². The Bertz CT molecular complexity index is 861. The second-order valence-electron chi connectivity index (χ2n) is 6.65. The summed E-state index contributed by atoms with van der Waals surface area (Å²) in [6, 6.07) is 16.4. The number of hydrogen-bond acceptors (Lipinski definition) is 4. The first-order valence-corrected chi connectivity index (χ1v) is 9.39. The minimum Gasteiger partial charge on any atom is -0.484 e. The number of amides is 2. The molecule has 1 aliphatic rings. The fourth-order valence-corrected chi connectivity index (χ4v) is 3.09. The highest BCUT2D eigenvalue weighted by Gasteiger charge is 2.25. The van der Waals surface area contributed by atoms with Crippen molar-refractivity contribution in [1.82, 2.24) is 9.80 Å². The summed E-state index contributed by atoms with van der Waals surface area (Å²) in [5, 5.41) is 8.79. The van der Waals surface area contributed by atoms with Crippen LogP contribution in [0.15, 0.2) is 48.5 Å². The van der Waals surface area contributed by atoms with Crippen LogP contribution >= 0.6 is 0 Å². The van der Waals surface area contributed by atoms with Crippen molar-refractivity contribution < 1.29 is 14.3 Å². The summed E-state index contributed by atoms with van der Waals surface area (Å²) in [5.74, 6) is 0.448. The van der Waals surface area contributed by atoms with Gasteiger partial charge in [-0.15, -0.1) is 0 Å². The Balaban J connectivity index is 1.47. The molecule has 1 fully saturated rings. The highest BCUT2D eigenvalue weighted by atomic mass is 16.5. The summed E-state index contributed by atoms with van der Waals surface area (Å²) in [5.41, 5.74) is 2.43. The molecule has 0 saturated carbocycles. The zero-order chi connectivity index (χ0) is 19.9. The Morgan fingerprint density at radius 3 is 2.14 bits per heavy atom. The number of nitrogens with zero attached hydrogens (tertiary/aromatic N) is 3. The number of rotatable bonds is 5. The molecule has 0 aromatic heterocycles. The molecule has 2 aromatic carbocycles. The SMILES string of the molecule is CCc1ccc(C(=O)N2CCN(C(=O)COc3ccc(C#N)cc3)CC2)cc1. The van der Waals surface area contributed by atoms with Crippen molar-refractivity contribution in [3.63, 3.8) is 0 Å². The Morgan fingerprint density at radius 2 is 1.57 bits per heavy atom. The van der Waals surface area contributed by atoms with Gasteiger partial charge in [-0.25, -0.2) is 0 Å². The monoisotopic (exact) mass is 377 g/mol. The summed E-state index contributed by atoms with van der Waals surface area (Å²) < 4.78 is 5.50. The standard InChI is InChI=1S/C22H23N3O3/c1-2-17-3-7-19(8-4-17)22(27)25-13-11-24(12-14-25)21(26)16-28-20-9-5-18(15-23)6-10-20/h3-10H,2,11-14,16H2,1H3. The van der Waals surface area contributed by atoms with Gasteiger partial charge in [-0.2, -0.15) is 5.26 Å². The third-order valence-corrected chi connectivity index (χ3v) is 4.87. The second kappa shape index (κ2) is 9.05. The Morgan fingerprint density at radius 1 is 0.964 bits per heavy atom. The zero-order valence-electron chi connectivity index (χ0n) is 15.9. The van der Waals surface area contributed by atoms with E-state index in [1.165, 1.54) is 5.56 Å². The molecule has 0 radical (unpaired) electrons. The molecule has 6 nitrogen and oxygen atoms in total. The van der Waals surface area contributed by atoms with Gasteiger partial charge < -0.3 is 14.5 Å². The van der Waals surface area contributed by atoms with Crippen LogP contribution in [0.1, 0.15) is 28.4 Å². The lowest BCUT2D eigenvalue weighted by atomic mass is 10.1. The van der Waals surface area contributed by atoms with Crippen molar-refractivity contribution in [2.24, 2.45) is 0 Å². The number of nitriles is 1. The average Bonchev–Trinajstić information content (AvgIpc) is 2.77. The molecule has 1 aliphatic heterocycles. The summed E-state index contributed by atoms with van der Waals surface area (Å²) >= 11 is 0. The maximum absolute atomic E-state index is 12.6. The molecule has 144 valence electrons. The van der Waals surface area contributed by atoms with Crippen molar-refractivity contribution in [2.75, 3.05) is 32.8 Å². The van der Waals surface area contributed by atoms with Gasteiger partial charge in [0.2, 0.25) is 0 Å². The molecule has 1 saturated heterocycles. The van der Waals surface area contributed by atoms with E-state index in [-0.39, 0.29) is 18.4 Å². The number of carbonyl (C=O) groups is 2. The van der Waals surface area contributed by atoms with Crippen molar-refractivity contribution in [3.05, 3.63) is 65.2 Å². The lowest BCUT2D eigenvalue weighted by Gasteiger charge is -2.34. The highest BCUT2D eigenvalue weighted by molar-refractivity contribution is 5.94. The van der Waals surface area contributed by atoms with Crippen molar-refractivity contribution in [2.45, 2.75) is 13.3 Å². The molecule has 0 unspecified atom stereocenters. The quantitative estimate of drug-likeness (QED) is 0.802. The summed E-state index contributed by atoms with van der Waals surface area (Å²) in [4.78, 5) is 28.5. The molecule has 0 atom stereocenters. The number of ether oxygens (including phenoxy) is 1. The van der Waals surface area contributed by atoms with Crippen LogP contribution in [-0.2, 0) is 11.2 Å². The van der Waals surface area contributed by atoms with E-state index in [9.17, 15) is 9.59 Å². The molecular formula is C22H23N3O3. The van der Waals surface area contributed by atoms with Crippen LogP contribution < -0.4 is 4.74 Å². The van der Waals surface area contributed by atoms with Gasteiger partial charge in [-0.05, 0) is 48.4 Å². The van der Waals surface area contributed by atoms with Crippen molar-refractivity contribution in [3.8, 4) is 11.8 Å². The van der Waals surface area contributed by atoms with Crippen LogP contribution in [0.5, 0.6) is 5.75 Å². The molecule has 1 heterocycles. The number of piperazine rings is 1. The van der Waals surface area contributed by atoms with E-state index < -0.39 is 0 Å². The van der Waals surface area contributed by atoms with Crippen LogP contribution in [0.3, 0.4) is 0 Å². The summed E-state index contributed by atoms with van der Waals surface area (Å²) in [6.45, 7) is 4.03. The zero-order valence-corrected chi connectivity index (χ0v) is 15.9. The third-order valence-electron chi connectivity index (χ3n) is 4.87. The fourth-order valence-electron chi connectivity index (χ4n) is 3.09. The minimum atomic E-state index is -0.108. The van der Waals surface area contributed by atoms with Gasteiger partial charge in [0.15, 0.2) is 6.61 Å². The normalized spacial score (nSPS) is 13.7. The summed E-state index contributed by atoms with van der Waals surface area (Å²) in [7, 11) is 0. The molecule has 0 aliphatic carbocycles. The molecule has 0 N–H and O–H groups in total. The first-order valence-electron chi connectivity index (χ1n) is 9.39. The van der Waals surface area contributed by atoms with E-state index in [2.05, 4.69) is 6.92 Å². The lowest BCUT2D eigenvalue weighted by molar-refractivity contribution is -0.134. The largest absolute Gasteiger partial charge is 0.484 e.